The van der Waals surface area contributed by atoms with E-state index in [-0.39, 0.29) is 34.4 Å². The lowest BCUT2D eigenvalue weighted by Crippen LogP contribution is -2.60. The van der Waals surface area contributed by atoms with Crippen molar-refractivity contribution in [2.75, 3.05) is 0 Å². The summed E-state index contributed by atoms with van der Waals surface area (Å²) >= 11 is 0. The summed E-state index contributed by atoms with van der Waals surface area (Å²) in [4.78, 5) is 11.5. The van der Waals surface area contributed by atoms with Gasteiger partial charge in [0.25, 0.3) is 0 Å². The summed E-state index contributed by atoms with van der Waals surface area (Å²) in [6.07, 6.45) is 5.32. The first-order valence-electron chi connectivity index (χ1n) is 14.4. The number of hydrogen-bond acceptors (Lipinski definition) is 8. The molecule has 8 nitrogen and oxygen atoms in total. The van der Waals surface area contributed by atoms with E-state index in [1.54, 1.807) is 13.2 Å². The molecule has 2 heterocycles. The largest absolute Gasteiger partial charge is 0.431 e. The quantitative estimate of drug-likeness (QED) is 0.439. The number of ether oxygens (including phenoxy) is 2. The highest BCUT2D eigenvalue weighted by molar-refractivity contribution is 5.31. The molecule has 38 heavy (non-hydrogen) atoms. The first-order chi connectivity index (χ1) is 18.0. The smallest absolute Gasteiger partial charge is 0.335 e. The van der Waals surface area contributed by atoms with Crippen LogP contribution in [0.3, 0.4) is 0 Å². The third-order valence-corrected chi connectivity index (χ3v) is 11.5. The zero-order chi connectivity index (χ0) is 27.0. The second-order valence-corrected chi connectivity index (χ2v) is 13.1. The highest BCUT2D eigenvalue weighted by Gasteiger charge is 2.66. The Morgan fingerprint density at radius 1 is 0.947 bits per heavy atom. The van der Waals surface area contributed by atoms with Gasteiger partial charge in [-0.15, -0.1) is 0 Å². The number of aliphatic hydroxyl groups excluding tert-OH is 3. The topological polar surface area (TPSA) is 130 Å². The normalized spacial score (nSPS) is 50.5. The number of fused-ring (bicyclic) bond motifs is 5. The second kappa shape index (κ2) is 9.25. The maximum atomic E-state index is 12.4. The van der Waals surface area contributed by atoms with Crippen molar-refractivity contribution in [3.8, 4) is 0 Å². The molecule has 0 amide bonds. The Labute approximate surface area is 223 Å². The fourth-order valence-electron chi connectivity index (χ4n) is 9.17. The van der Waals surface area contributed by atoms with Gasteiger partial charge in [0.15, 0.2) is 6.29 Å². The molecule has 1 aromatic heterocycles. The number of allylic oxidation sites excluding steroid dienone is 1. The predicted molar refractivity (Wildman–Crippen MR) is 138 cm³/mol. The van der Waals surface area contributed by atoms with Gasteiger partial charge in [-0.2, -0.15) is 0 Å². The van der Waals surface area contributed by atoms with E-state index in [1.807, 2.05) is 6.07 Å². The molecule has 5 aliphatic rings. The summed E-state index contributed by atoms with van der Waals surface area (Å²) < 4.78 is 17.0. The molecule has 1 saturated heterocycles. The average molecular weight is 531 g/mol. The van der Waals surface area contributed by atoms with E-state index >= 15 is 0 Å². The number of aliphatic hydroxyl groups is 4. The molecule has 4 aliphatic carbocycles. The molecule has 0 aromatic carbocycles. The van der Waals surface area contributed by atoms with E-state index in [0.29, 0.717) is 5.92 Å². The van der Waals surface area contributed by atoms with Gasteiger partial charge in [-0.3, -0.25) is 0 Å². The Balaban J connectivity index is 1.21. The summed E-state index contributed by atoms with van der Waals surface area (Å²) in [6.45, 7) is 6.26. The van der Waals surface area contributed by atoms with Crippen LogP contribution < -0.4 is 5.63 Å². The van der Waals surface area contributed by atoms with E-state index in [2.05, 4.69) is 19.9 Å². The molecule has 8 unspecified atom stereocenters. The van der Waals surface area contributed by atoms with Crippen LogP contribution >= 0.6 is 0 Å². The molecule has 1 aromatic rings. The monoisotopic (exact) mass is 530 g/mol. The van der Waals surface area contributed by atoms with Crippen LogP contribution in [-0.2, 0) is 9.47 Å². The van der Waals surface area contributed by atoms with Crippen molar-refractivity contribution in [3.05, 3.63) is 46.0 Å². The highest BCUT2D eigenvalue weighted by atomic mass is 16.7. The van der Waals surface area contributed by atoms with Crippen LogP contribution in [0.15, 0.2) is 39.3 Å². The van der Waals surface area contributed by atoms with Gasteiger partial charge in [0.05, 0.1) is 24.1 Å². The van der Waals surface area contributed by atoms with Crippen LogP contribution in [0, 0.1) is 22.7 Å². The molecule has 4 N–H and O–H groups in total. The molecule has 4 fully saturated rings. The van der Waals surface area contributed by atoms with Gasteiger partial charge in [0, 0.05) is 11.5 Å². The minimum absolute atomic E-state index is 0.0213. The van der Waals surface area contributed by atoms with Crippen LogP contribution in [0.2, 0.25) is 0 Å². The third kappa shape index (κ3) is 3.82. The fraction of sp³-hybridized carbons (Fsp3) is 0.767. The van der Waals surface area contributed by atoms with Gasteiger partial charge >= 0.3 is 5.63 Å². The summed E-state index contributed by atoms with van der Waals surface area (Å²) in [5, 5.41) is 43.0. The molecular weight excluding hydrogens is 488 g/mol. The lowest BCUT2D eigenvalue weighted by atomic mass is 9.45. The van der Waals surface area contributed by atoms with Gasteiger partial charge in [-0.25, -0.2) is 4.79 Å². The van der Waals surface area contributed by atoms with E-state index < -0.39 is 36.3 Å². The van der Waals surface area contributed by atoms with Crippen LogP contribution in [0.5, 0.6) is 0 Å². The van der Waals surface area contributed by atoms with Gasteiger partial charge in [0.1, 0.15) is 18.3 Å². The lowest BCUT2D eigenvalue weighted by Gasteiger charge is -2.62. The zero-order valence-corrected chi connectivity index (χ0v) is 22.6. The average Bonchev–Trinajstić information content (AvgIpc) is 3.18. The minimum atomic E-state index is -1.31. The molecule has 1 aliphatic heterocycles. The minimum Gasteiger partial charge on any atom is -0.431 e. The summed E-state index contributed by atoms with van der Waals surface area (Å²) in [6, 6.07) is 3.36. The maximum Gasteiger partial charge on any atom is 0.335 e. The van der Waals surface area contributed by atoms with Crippen LogP contribution in [-0.4, -0.2) is 62.8 Å². The van der Waals surface area contributed by atoms with Gasteiger partial charge in [0.2, 0.25) is 0 Å². The SMILES string of the molecule is C[C@@H]1OC(OC2C=C3CCC4C(CCC5(C)[C@@H](c6ccc(=O)oc6)CCC45O)C3(C)CC2)[C@H](O)[C@H](O)C1O. The maximum absolute atomic E-state index is 12.4. The lowest BCUT2D eigenvalue weighted by molar-refractivity contribution is -0.301. The first-order valence-corrected chi connectivity index (χ1v) is 14.4. The zero-order valence-electron chi connectivity index (χ0n) is 22.6. The molecule has 0 bridgehead atoms. The molecule has 6 rings (SSSR count). The number of rotatable bonds is 3. The van der Waals surface area contributed by atoms with Gasteiger partial charge < -0.3 is 34.3 Å². The highest BCUT2D eigenvalue weighted by Crippen LogP contribution is 2.70. The van der Waals surface area contributed by atoms with Crippen molar-refractivity contribution in [1.29, 1.82) is 0 Å². The Bertz CT molecular complexity index is 1130. The molecule has 12 atom stereocenters. The molecule has 8 heteroatoms. The van der Waals surface area contributed by atoms with E-state index in [1.165, 1.54) is 11.6 Å². The third-order valence-electron chi connectivity index (χ3n) is 11.5. The molecular formula is C30H42O8. The van der Waals surface area contributed by atoms with Crippen LogP contribution in [0.25, 0.3) is 0 Å². The van der Waals surface area contributed by atoms with Crippen molar-refractivity contribution < 1.29 is 34.3 Å². The van der Waals surface area contributed by atoms with E-state index in [0.717, 1.165) is 56.9 Å². The molecule has 0 radical (unpaired) electrons. The van der Waals surface area contributed by atoms with Crippen molar-refractivity contribution in [2.24, 2.45) is 22.7 Å². The van der Waals surface area contributed by atoms with Crippen LogP contribution in [0.1, 0.15) is 83.6 Å². The summed E-state index contributed by atoms with van der Waals surface area (Å²) in [7, 11) is 0. The van der Waals surface area contributed by atoms with Gasteiger partial charge in [-0.1, -0.05) is 25.5 Å². The fourth-order valence-corrected chi connectivity index (χ4v) is 9.17. The Hall–Kier alpha value is -1.55. The molecule has 210 valence electrons. The standard InChI is InChI=1S/C30H42O8/c1-16-24(32)25(33)26(34)27(37-16)38-19-8-11-28(2)18(14-19)5-6-22-21(28)9-12-29(3)20(10-13-30(22,29)35)17-4-7-23(31)36-15-17/h4,7,14-16,19-22,24-27,32-35H,5-6,8-13H2,1-3H3/t16-,19?,20+,21?,22?,24?,25+,26+,27?,28?,29?,30?/m0/s1. The van der Waals surface area contributed by atoms with Crippen molar-refractivity contribution in [1.82, 2.24) is 0 Å². The van der Waals surface area contributed by atoms with E-state index in [4.69, 9.17) is 13.9 Å². The first kappa shape index (κ1) is 26.7. The van der Waals surface area contributed by atoms with Crippen molar-refractivity contribution >= 4 is 0 Å². The van der Waals surface area contributed by atoms with Crippen molar-refractivity contribution in [3.63, 3.8) is 0 Å². The Kier molecular flexibility index (Phi) is 6.49. The Morgan fingerprint density at radius 2 is 1.74 bits per heavy atom. The summed E-state index contributed by atoms with van der Waals surface area (Å²) in [5.41, 5.74) is 0.991. The second-order valence-electron chi connectivity index (χ2n) is 13.1. The van der Waals surface area contributed by atoms with Gasteiger partial charge in [-0.05, 0) is 93.1 Å². The Morgan fingerprint density at radius 3 is 2.47 bits per heavy atom. The van der Waals surface area contributed by atoms with E-state index in [9.17, 15) is 25.2 Å². The van der Waals surface area contributed by atoms with Crippen LogP contribution in [0.4, 0.5) is 0 Å². The number of hydrogen-bond donors (Lipinski definition) is 4. The predicted octanol–water partition coefficient (Wildman–Crippen LogP) is 3.01. The molecule has 3 saturated carbocycles. The van der Waals surface area contributed by atoms with Crippen molar-refractivity contribution in [2.45, 2.75) is 120 Å². The summed E-state index contributed by atoms with van der Waals surface area (Å²) in [5.74, 6) is 0.759. The molecule has 0 spiro atoms.